The summed E-state index contributed by atoms with van der Waals surface area (Å²) in [5.74, 6) is 0.569. The molecular weight excluding hydrogens is 323 g/mol. The minimum atomic E-state index is 0. The van der Waals surface area contributed by atoms with Crippen LogP contribution >= 0.6 is 24.8 Å². The van der Waals surface area contributed by atoms with Crippen LogP contribution in [-0.2, 0) is 4.79 Å². The summed E-state index contributed by atoms with van der Waals surface area (Å²) in [6.07, 6.45) is 5.35. The molecular formula is C15H20Cl2N4O. The number of imidazole rings is 1. The van der Waals surface area contributed by atoms with E-state index in [1.807, 2.05) is 42.0 Å². The average Bonchev–Trinajstić information content (AvgIpc) is 2.90. The second kappa shape index (κ2) is 8.17. The van der Waals surface area contributed by atoms with E-state index >= 15 is 0 Å². The van der Waals surface area contributed by atoms with Crippen molar-refractivity contribution in [1.82, 2.24) is 14.9 Å². The first-order valence-corrected chi connectivity index (χ1v) is 6.84. The second-order valence-corrected chi connectivity index (χ2v) is 5.22. The van der Waals surface area contributed by atoms with Crippen LogP contribution in [0.5, 0.6) is 0 Å². The van der Waals surface area contributed by atoms with Gasteiger partial charge in [-0.05, 0) is 37.2 Å². The maximum Gasteiger partial charge on any atom is 0.227 e. The lowest BCUT2D eigenvalue weighted by molar-refractivity contribution is -0.121. The second-order valence-electron chi connectivity index (χ2n) is 5.22. The molecule has 1 aliphatic rings. The molecule has 1 fully saturated rings. The maximum atomic E-state index is 12.2. The third-order valence-electron chi connectivity index (χ3n) is 3.85. The summed E-state index contributed by atoms with van der Waals surface area (Å²) in [5.41, 5.74) is 1.80. The van der Waals surface area contributed by atoms with Gasteiger partial charge in [-0.1, -0.05) is 13.0 Å². The van der Waals surface area contributed by atoms with Gasteiger partial charge in [0.2, 0.25) is 5.91 Å². The lowest BCUT2D eigenvalue weighted by Gasteiger charge is -2.31. The Balaban J connectivity index is 0.00000121. The molecule has 0 saturated carbocycles. The lowest BCUT2D eigenvalue weighted by Crippen LogP contribution is -2.48. The Hall–Kier alpha value is -1.56. The van der Waals surface area contributed by atoms with E-state index in [1.165, 1.54) is 0 Å². The van der Waals surface area contributed by atoms with Crippen molar-refractivity contribution >= 4 is 36.4 Å². The number of amides is 1. The van der Waals surface area contributed by atoms with E-state index < -0.39 is 0 Å². The van der Waals surface area contributed by atoms with Crippen LogP contribution in [-0.4, -0.2) is 28.5 Å². The van der Waals surface area contributed by atoms with Crippen LogP contribution in [0, 0.1) is 11.8 Å². The number of nitrogens with zero attached hydrogens (tertiary/aromatic N) is 2. The van der Waals surface area contributed by atoms with Crippen LogP contribution in [0.3, 0.4) is 0 Å². The van der Waals surface area contributed by atoms with Gasteiger partial charge in [-0.15, -0.1) is 24.8 Å². The fraction of sp³-hybridized carbons (Fsp3) is 0.333. The van der Waals surface area contributed by atoms with Gasteiger partial charge in [-0.2, -0.15) is 0 Å². The van der Waals surface area contributed by atoms with Crippen molar-refractivity contribution in [2.24, 2.45) is 11.8 Å². The summed E-state index contributed by atoms with van der Waals surface area (Å²) in [5, 5.41) is 6.19. The number of carbonyl (C=O) groups is 1. The molecule has 2 heterocycles. The number of hydrogen-bond acceptors (Lipinski definition) is 3. The summed E-state index contributed by atoms with van der Waals surface area (Å²) < 4.78 is 1.91. The number of rotatable bonds is 4. The van der Waals surface area contributed by atoms with Gasteiger partial charge in [0.05, 0.1) is 6.33 Å². The standard InChI is InChI=1S/C15H18N4O.2ClH/c1-11(12-8-17-9-12)15(20)18-13-3-2-4-14(7-13)19-6-5-16-10-19;;/h2-7,10-12,17H,8-9H2,1H3,(H,18,20);2*1H. The summed E-state index contributed by atoms with van der Waals surface area (Å²) >= 11 is 0. The van der Waals surface area contributed by atoms with Crippen LogP contribution in [0.15, 0.2) is 43.0 Å². The predicted octanol–water partition coefficient (Wildman–Crippen LogP) is 2.51. The molecule has 2 N–H and O–H groups in total. The number of carbonyl (C=O) groups excluding carboxylic acids is 1. The van der Waals surface area contributed by atoms with Gasteiger partial charge in [0.1, 0.15) is 0 Å². The SMILES string of the molecule is CC(C(=O)Nc1cccc(-n2ccnc2)c1)C1CNC1.Cl.Cl. The van der Waals surface area contributed by atoms with E-state index in [2.05, 4.69) is 15.6 Å². The summed E-state index contributed by atoms with van der Waals surface area (Å²) in [7, 11) is 0. The highest BCUT2D eigenvalue weighted by molar-refractivity contribution is 5.92. The zero-order valence-electron chi connectivity index (χ0n) is 12.2. The van der Waals surface area contributed by atoms with Crippen molar-refractivity contribution in [3.63, 3.8) is 0 Å². The number of aromatic nitrogens is 2. The van der Waals surface area contributed by atoms with Gasteiger partial charge in [0, 0.05) is 29.7 Å². The van der Waals surface area contributed by atoms with Crippen molar-refractivity contribution in [3.05, 3.63) is 43.0 Å². The highest BCUT2D eigenvalue weighted by Gasteiger charge is 2.28. The predicted molar refractivity (Wildman–Crippen MR) is 92.2 cm³/mol. The van der Waals surface area contributed by atoms with E-state index in [0.717, 1.165) is 24.5 Å². The van der Waals surface area contributed by atoms with Crippen molar-refractivity contribution in [3.8, 4) is 5.69 Å². The fourth-order valence-electron chi connectivity index (χ4n) is 2.29. The van der Waals surface area contributed by atoms with Gasteiger partial charge in [0.25, 0.3) is 0 Å². The molecule has 0 bridgehead atoms. The molecule has 22 heavy (non-hydrogen) atoms. The highest BCUT2D eigenvalue weighted by Crippen LogP contribution is 2.19. The number of anilines is 1. The minimum Gasteiger partial charge on any atom is -0.326 e. The van der Waals surface area contributed by atoms with E-state index in [-0.39, 0.29) is 36.6 Å². The van der Waals surface area contributed by atoms with Crippen LogP contribution in [0.25, 0.3) is 5.69 Å². The minimum absolute atomic E-state index is 0. The molecule has 1 aliphatic heterocycles. The third-order valence-corrected chi connectivity index (χ3v) is 3.85. The van der Waals surface area contributed by atoms with Gasteiger partial charge in [0.15, 0.2) is 0 Å². The van der Waals surface area contributed by atoms with Crippen molar-refractivity contribution in [2.45, 2.75) is 6.92 Å². The largest absolute Gasteiger partial charge is 0.326 e. The monoisotopic (exact) mass is 342 g/mol. The molecule has 2 aromatic rings. The Labute approximate surface area is 142 Å². The van der Waals surface area contributed by atoms with Gasteiger partial charge in [-0.25, -0.2) is 4.98 Å². The molecule has 1 saturated heterocycles. The Morgan fingerprint density at radius 1 is 1.41 bits per heavy atom. The molecule has 0 spiro atoms. The first-order valence-electron chi connectivity index (χ1n) is 6.84. The van der Waals surface area contributed by atoms with Crippen molar-refractivity contribution < 1.29 is 4.79 Å². The summed E-state index contributed by atoms with van der Waals surface area (Å²) in [6.45, 7) is 3.86. The average molecular weight is 343 g/mol. The van der Waals surface area contributed by atoms with E-state index in [1.54, 1.807) is 12.5 Å². The highest BCUT2D eigenvalue weighted by atomic mass is 35.5. The molecule has 1 atom stereocenters. The molecule has 0 radical (unpaired) electrons. The van der Waals surface area contributed by atoms with Crippen LogP contribution in [0.4, 0.5) is 5.69 Å². The fourth-order valence-corrected chi connectivity index (χ4v) is 2.29. The molecule has 1 unspecified atom stereocenters. The third kappa shape index (κ3) is 4.00. The van der Waals surface area contributed by atoms with Crippen molar-refractivity contribution in [1.29, 1.82) is 0 Å². The van der Waals surface area contributed by atoms with E-state index in [4.69, 9.17) is 0 Å². The van der Waals surface area contributed by atoms with E-state index in [0.29, 0.717) is 5.92 Å². The Morgan fingerprint density at radius 2 is 2.18 bits per heavy atom. The zero-order chi connectivity index (χ0) is 13.9. The molecule has 1 amide bonds. The summed E-state index contributed by atoms with van der Waals surface area (Å²) in [6, 6.07) is 7.77. The number of hydrogen-bond donors (Lipinski definition) is 2. The van der Waals surface area contributed by atoms with Crippen LogP contribution < -0.4 is 10.6 Å². The van der Waals surface area contributed by atoms with E-state index in [9.17, 15) is 4.79 Å². The Morgan fingerprint density at radius 3 is 2.77 bits per heavy atom. The molecule has 3 rings (SSSR count). The molecule has 5 nitrogen and oxygen atoms in total. The maximum absolute atomic E-state index is 12.2. The first-order chi connectivity index (χ1) is 9.74. The van der Waals surface area contributed by atoms with Crippen molar-refractivity contribution in [2.75, 3.05) is 18.4 Å². The van der Waals surface area contributed by atoms with Crippen LogP contribution in [0.2, 0.25) is 0 Å². The lowest BCUT2D eigenvalue weighted by atomic mass is 9.88. The zero-order valence-corrected chi connectivity index (χ0v) is 13.9. The topological polar surface area (TPSA) is 59.0 Å². The van der Waals surface area contributed by atoms with Gasteiger partial charge < -0.3 is 15.2 Å². The Bertz CT molecular complexity index is 599. The van der Waals surface area contributed by atoms with Gasteiger partial charge in [-0.3, -0.25) is 4.79 Å². The number of nitrogens with one attached hydrogen (secondary N) is 2. The molecule has 0 aliphatic carbocycles. The smallest absolute Gasteiger partial charge is 0.227 e. The summed E-state index contributed by atoms with van der Waals surface area (Å²) in [4.78, 5) is 16.2. The van der Waals surface area contributed by atoms with Gasteiger partial charge >= 0.3 is 0 Å². The molecule has 7 heteroatoms. The quantitative estimate of drug-likeness (QED) is 0.897. The molecule has 1 aromatic carbocycles. The normalized spacial score (nSPS) is 15.0. The molecule has 1 aromatic heterocycles. The first kappa shape index (κ1) is 18.5. The number of halogens is 2. The Kier molecular flexibility index (Phi) is 6.87. The number of benzene rings is 1. The van der Waals surface area contributed by atoms with Crippen LogP contribution in [0.1, 0.15) is 6.92 Å². The molecule has 120 valence electrons.